The molecule has 3 heterocycles. The van der Waals surface area contributed by atoms with Gasteiger partial charge in [-0.1, -0.05) is 48.5 Å². The molecular formula is C24H20N2O3. The Morgan fingerprint density at radius 2 is 1.59 bits per heavy atom. The lowest BCUT2D eigenvalue weighted by Gasteiger charge is -2.38. The van der Waals surface area contributed by atoms with Crippen molar-refractivity contribution in [1.29, 1.82) is 0 Å². The van der Waals surface area contributed by atoms with Gasteiger partial charge in [-0.15, -0.1) is 0 Å². The second-order valence-electron chi connectivity index (χ2n) is 7.42. The maximum atomic E-state index is 6.38. The SMILES string of the molecule is c1ccc(C2Oc3ccccc3C3CC(c4ccc5c(c4)OCCO5)=NN32)cc1. The van der Waals surface area contributed by atoms with Gasteiger partial charge in [0.05, 0.1) is 11.8 Å². The zero-order valence-electron chi connectivity index (χ0n) is 15.8. The molecule has 5 nitrogen and oxygen atoms in total. The number of benzene rings is 3. The highest BCUT2D eigenvalue weighted by atomic mass is 16.6. The van der Waals surface area contributed by atoms with Gasteiger partial charge in [-0.3, -0.25) is 0 Å². The lowest BCUT2D eigenvalue weighted by molar-refractivity contribution is -0.0190. The molecule has 3 aromatic carbocycles. The molecule has 0 aliphatic carbocycles. The van der Waals surface area contributed by atoms with Crippen molar-refractivity contribution in [2.75, 3.05) is 13.2 Å². The summed E-state index contributed by atoms with van der Waals surface area (Å²) in [7, 11) is 0. The summed E-state index contributed by atoms with van der Waals surface area (Å²) in [5, 5.41) is 7.12. The van der Waals surface area contributed by atoms with Crippen LogP contribution in [0.15, 0.2) is 77.9 Å². The smallest absolute Gasteiger partial charge is 0.213 e. The van der Waals surface area contributed by atoms with Crippen LogP contribution >= 0.6 is 0 Å². The minimum atomic E-state index is -0.245. The van der Waals surface area contributed by atoms with E-state index in [0.29, 0.717) is 13.2 Å². The molecule has 3 aliphatic rings. The molecule has 0 N–H and O–H groups in total. The minimum Gasteiger partial charge on any atom is -0.486 e. The van der Waals surface area contributed by atoms with Crippen LogP contribution in [0.3, 0.4) is 0 Å². The van der Waals surface area contributed by atoms with E-state index in [1.165, 1.54) is 5.56 Å². The van der Waals surface area contributed by atoms with E-state index in [9.17, 15) is 0 Å². The highest BCUT2D eigenvalue weighted by molar-refractivity contribution is 6.02. The Hall–Kier alpha value is -3.47. The topological polar surface area (TPSA) is 43.3 Å². The van der Waals surface area contributed by atoms with Crippen molar-refractivity contribution in [2.45, 2.75) is 18.7 Å². The lowest BCUT2D eigenvalue weighted by atomic mass is 9.96. The zero-order chi connectivity index (χ0) is 19.2. The average molecular weight is 384 g/mol. The van der Waals surface area contributed by atoms with Crippen molar-refractivity contribution in [3.05, 3.63) is 89.5 Å². The summed E-state index contributed by atoms with van der Waals surface area (Å²) in [6, 6.07) is 24.8. The summed E-state index contributed by atoms with van der Waals surface area (Å²) < 4.78 is 17.8. The first kappa shape index (κ1) is 16.5. The predicted octanol–water partition coefficient (Wildman–Crippen LogP) is 4.70. The van der Waals surface area contributed by atoms with Crippen LogP contribution in [-0.2, 0) is 0 Å². The molecule has 3 aromatic rings. The summed E-state index contributed by atoms with van der Waals surface area (Å²) in [6.07, 6.45) is 0.578. The molecule has 0 fully saturated rings. The molecule has 0 bridgehead atoms. The number of rotatable bonds is 2. The summed E-state index contributed by atoms with van der Waals surface area (Å²) in [4.78, 5) is 0. The van der Waals surface area contributed by atoms with Gasteiger partial charge >= 0.3 is 0 Å². The highest BCUT2D eigenvalue weighted by Gasteiger charge is 2.40. The van der Waals surface area contributed by atoms with E-state index in [-0.39, 0.29) is 12.3 Å². The van der Waals surface area contributed by atoms with Crippen molar-refractivity contribution in [2.24, 2.45) is 5.10 Å². The van der Waals surface area contributed by atoms with Gasteiger partial charge in [0.1, 0.15) is 19.0 Å². The molecule has 6 rings (SSSR count). The van der Waals surface area contributed by atoms with Gasteiger partial charge < -0.3 is 14.2 Å². The summed E-state index contributed by atoms with van der Waals surface area (Å²) in [5.41, 5.74) is 4.37. The molecule has 0 saturated carbocycles. The Labute approximate surface area is 169 Å². The van der Waals surface area contributed by atoms with E-state index in [0.717, 1.165) is 40.5 Å². The second kappa shape index (κ2) is 6.55. The van der Waals surface area contributed by atoms with Crippen LogP contribution in [0, 0.1) is 0 Å². The van der Waals surface area contributed by atoms with Crippen molar-refractivity contribution in [3.8, 4) is 17.2 Å². The van der Waals surface area contributed by atoms with Gasteiger partial charge in [-0.05, 0) is 24.3 Å². The van der Waals surface area contributed by atoms with E-state index in [1.54, 1.807) is 0 Å². The van der Waals surface area contributed by atoms with Gasteiger partial charge in [0.25, 0.3) is 0 Å². The van der Waals surface area contributed by atoms with Crippen molar-refractivity contribution in [1.82, 2.24) is 5.01 Å². The normalized spacial score (nSPS) is 21.7. The van der Waals surface area contributed by atoms with Gasteiger partial charge in [0.2, 0.25) is 6.23 Å². The predicted molar refractivity (Wildman–Crippen MR) is 109 cm³/mol. The van der Waals surface area contributed by atoms with Crippen LogP contribution in [0.4, 0.5) is 0 Å². The number of hydrogen-bond acceptors (Lipinski definition) is 5. The number of para-hydroxylation sites is 1. The number of ether oxygens (including phenoxy) is 3. The first-order valence-electron chi connectivity index (χ1n) is 9.93. The largest absolute Gasteiger partial charge is 0.486 e. The van der Waals surface area contributed by atoms with Crippen molar-refractivity contribution < 1.29 is 14.2 Å². The third-order valence-electron chi connectivity index (χ3n) is 5.66. The van der Waals surface area contributed by atoms with E-state index in [1.807, 2.05) is 42.5 Å². The summed E-state index contributed by atoms with van der Waals surface area (Å²) in [6.45, 7) is 1.17. The van der Waals surface area contributed by atoms with E-state index >= 15 is 0 Å². The molecule has 0 saturated heterocycles. The van der Waals surface area contributed by atoms with Crippen molar-refractivity contribution >= 4 is 5.71 Å². The number of nitrogens with zero attached hydrogens (tertiary/aromatic N) is 2. The first-order chi connectivity index (χ1) is 14.4. The van der Waals surface area contributed by atoms with Gasteiger partial charge in [0.15, 0.2) is 11.5 Å². The highest BCUT2D eigenvalue weighted by Crippen LogP contribution is 2.47. The van der Waals surface area contributed by atoms with Crippen LogP contribution in [0.5, 0.6) is 17.2 Å². The number of hydrazone groups is 1. The van der Waals surface area contributed by atoms with Crippen LogP contribution in [-0.4, -0.2) is 23.9 Å². The van der Waals surface area contributed by atoms with E-state index < -0.39 is 0 Å². The van der Waals surface area contributed by atoms with Crippen LogP contribution in [0.2, 0.25) is 0 Å². The number of fused-ring (bicyclic) bond motifs is 4. The fourth-order valence-corrected chi connectivity index (χ4v) is 4.27. The fraction of sp³-hybridized carbons (Fsp3) is 0.208. The fourth-order valence-electron chi connectivity index (χ4n) is 4.27. The maximum absolute atomic E-state index is 6.38. The summed E-state index contributed by atoms with van der Waals surface area (Å²) >= 11 is 0. The molecule has 5 heteroatoms. The molecule has 29 heavy (non-hydrogen) atoms. The standard InChI is InChI=1S/C24H20N2O3/c1-2-6-16(7-3-1)24-26-20(18-8-4-5-9-21(18)29-24)15-19(25-26)17-10-11-22-23(14-17)28-13-12-27-22/h1-11,14,20,24H,12-13,15H2. The Morgan fingerprint density at radius 3 is 2.48 bits per heavy atom. The Kier molecular flexibility index (Phi) is 3.72. The van der Waals surface area contributed by atoms with Gasteiger partial charge in [-0.2, -0.15) is 5.10 Å². The molecule has 2 atom stereocenters. The first-order valence-corrected chi connectivity index (χ1v) is 9.93. The Morgan fingerprint density at radius 1 is 0.793 bits per heavy atom. The second-order valence-corrected chi connectivity index (χ2v) is 7.42. The molecule has 2 unspecified atom stereocenters. The molecule has 144 valence electrons. The Balaban J connectivity index is 1.42. The van der Waals surface area contributed by atoms with Crippen molar-refractivity contribution in [3.63, 3.8) is 0 Å². The molecule has 0 aromatic heterocycles. The Bertz CT molecular complexity index is 1100. The maximum Gasteiger partial charge on any atom is 0.213 e. The quantitative estimate of drug-likeness (QED) is 0.642. The third kappa shape index (κ3) is 2.73. The van der Waals surface area contributed by atoms with Crippen LogP contribution in [0.1, 0.15) is 35.4 Å². The van der Waals surface area contributed by atoms with Crippen LogP contribution in [0.25, 0.3) is 0 Å². The third-order valence-corrected chi connectivity index (χ3v) is 5.66. The number of hydrogen-bond donors (Lipinski definition) is 0. The van der Waals surface area contributed by atoms with Crippen LogP contribution < -0.4 is 14.2 Å². The van der Waals surface area contributed by atoms with Gasteiger partial charge in [0, 0.05) is 23.1 Å². The monoisotopic (exact) mass is 384 g/mol. The molecule has 3 aliphatic heterocycles. The van der Waals surface area contributed by atoms with Gasteiger partial charge in [-0.25, -0.2) is 5.01 Å². The molecule has 0 amide bonds. The minimum absolute atomic E-state index is 0.147. The zero-order valence-corrected chi connectivity index (χ0v) is 15.8. The molecule has 0 radical (unpaired) electrons. The molecule has 0 spiro atoms. The summed E-state index contributed by atoms with van der Waals surface area (Å²) in [5.74, 6) is 2.52. The van der Waals surface area contributed by atoms with E-state index in [4.69, 9.17) is 19.3 Å². The van der Waals surface area contributed by atoms with E-state index in [2.05, 4.69) is 35.3 Å². The molecular weight excluding hydrogens is 364 g/mol. The average Bonchev–Trinajstić information content (AvgIpc) is 3.25. The lowest BCUT2D eigenvalue weighted by Crippen LogP contribution is -2.33.